The quantitative estimate of drug-likeness (QED) is 0.880. The first kappa shape index (κ1) is 12.8. The first-order valence-corrected chi connectivity index (χ1v) is 7.51. The SMILES string of the molecule is CC1(CNS(=O)(=O)c2cc(Br)cnc2N)CC1. The minimum atomic E-state index is -3.57. The molecule has 0 unspecified atom stereocenters. The highest BCUT2D eigenvalue weighted by atomic mass is 79.9. The Kier molecular flexibility index (Phi) is 3.17. The highest BCUT2D eigenvalue weighted by molar-refractivity contribution is 9.10. The van der Waals surface area contributed by atoms with E-state index in [9.17, 15) is 8.42 Å². The van der Waals surface area contributed by atoms with Gasteiger partial charge in [0.05, 0.1) is 0 Å². The summed E-state index contributed by atoms with van der Waals surface area (Å²) in [6.45, 7) is 2.50. The van der Waals surface area contributed by atoms with Gasteiger partial charge >= 0.3 is 0 Å². The average Bonchev–Trinajstić information content (AvgIpc) is 2.98. The van der Waals surface area contributed by atoms with Crippen LogP contribution in [-0.4, -0.2) is 19.9 Å². The molecular weight excluding hydrogens is 306 g/mol. The number of nitrogens with one attached hydrogen (secondary N) is 1. The Morgan fingerprint density at radius 2 is 2.24 bits per heavy atom. The zero-order valence-corrected chi connectivity index (χ0v) is 11.8. The Balaban J connectivity index is 2.21. The van der Waals surface area contributed by atoms with Crippen molar-refractivity contribution in [1.82, 2.24) is 9.71 Å². The number of pyridine rings is 1. The fourth-order valence-electron chi connectivity index (χ4n) is 1.38. The van der Waals surface area contributed by atoms with Gasteiger partial charge in [0.25, 0.3) is 0 Å². The number of anilines is 1. The number of nitrogens with two attached hydrogens (primary N) is 1. The summed E-state index contributed by atoms with van der Waals surface area (Å²) in [4.78, 5) is 3.84. The number of hydrogen-bond donors (Lipinski definition) is 2. The molecule has 7 heteroatoms. The van der Waals surface area contributed by atoms with Crippen LogP contribution < -0.4 is 10.5 Å². The lowest BCUT2D eigenvalue weighted by atomic mass is 10.2. The third-order valence-corrected chi connectivity index (χ3v) is 4.79. The van der Waals surface area contributed by atoms with Crippen LogP contribution in [0.4, 0.5) is 5.82 Å². The van der Waals surface area contributed by atoms with Gasteiger partial charge < -0.3 is 5.73 Å². The van der Waals surface area contributed by atoms with Gasteiger partial charge in [-0.15, -0.1) is 0 Å². The Hall–Kier alpha value is -0.660. The summed E-state index contributed by atoms with van der Waals surface area (Å²) in [6, 6.07) is 1.46. The lowest BCUT2D eigenvalue weighted by molar-refractivity contribution is 0.530. The molecular formula is C10H14BrN3O2S. The molecule has 0 aliphatic heterocycles. The summed E-state index contributed by atoms with van der Waals surface area (Å²) in [6.07, 6.45) is 3.58. The molecule has 1 saturated carbocycles. The third kappa shape index (κ3) is 2.97. The smallest absolute Gasteiger partial charge is 0.244 e. The van der Waals surface area contributed by atoms with E-state index in [0.29, 0.717) is 11.0 Å². The van der Waals surface area contributed by atoms with Crippen LogP contribution in [0.2, 0.25) is 0 Å². The standard InChI is InChI=1S/C10H14BrN3O2S/c1-10(2-3-10)6-14-17(15,16)8-4-7(11)5-13-9(8)12/h4-5,14H,2-3,6H2,1H3,(H2,12,13). The molecule has 1 aromatic heterocycles. The molecule has 1 heterocycles. The summed E-state index contributed by atoms with van der Waals surface area (Å²) in [5.74, 6) is 0.0154. The van der Waals surface area contributed by atoms with Crippen molar-refractivity contribution >= 4 is 31.8 Å². The normalized spacial score (nSPS) is 18.0. The van der Waals surface area contributed by atoms with Crippen LogP contribution >= 0.6 is 15.9 Å². The van der Waals surface area contributed by atoms with Crippen LogP contribution in [0.1, 0.15) is 19.8 Å². The molecule has 0 saturated heterocycles. The van der Waals surface area contributed by atoms with E-state index in [1.807, 2.05) is 0 Å². The number of aromatic nitrogens is 1. The molecule has 0 aromatic carbocycles. The molecule has 94 valence electrons. The van der Waals surface area contributed by atoms with E-state index in [2.05, 4.69) is 32.6 Å². The van der Waals surface area contributed by atoms with Crippen molar-refractivity contribution in [2.75, 3.05) is 12.3 Å². The van der Waals surface area contributed by atoms with Crippen LogP contribution in [-0.2, 0) is 10.0 Å². The number of hydrogen-bond acceptors (Lipinski definition) is 4. The Morgan fingerprint density at radius 1 is 1.59 bits per heavy atom. The van der Waals surface area contributed by atoms with Crippen LogP contribution in [0.25, 0.3) is 0 Å². The zero-order chi connectivity index (χ0) is 12.7. The zero-order valence-electron chi connectivity index (χ0n) is 9.40. The second-order valence-corrected chi connectivity index (χ2v) is 7.32. The molecule has 1 aliphatic rings. The van der Waals surface area contributed by atoms with Gasteiger partial charge in [-0.3, -0.25) is 0 Å². The third-order valence-electron chi connectivity index (χ3n) is 2.93. The van der Waals surface area contributed by atoms with Gasteiger partial charge in [0.15, 0.2) is 0 Å². The largest absolute Gasteiger partial charge is 0.383 e. The molecule has 0 bridgehead atoms. The topological polar surface area (TPSA) is 85.1 Å². The second kappa shape index (κ2) is 4.22. The van der Waals surface area contributed by atoms with Gasteiger partial charge in [-0.1, -0.05) is 6.92 Å². The van der Waals surface area contributed by atoms with Crippen molar-refractivity contribution in [3.8, 4) is 0 Å². The minimum Gasteiger partial charge on any atom is -0.383 e. The van der Waals surface area contributed by atoms with Crippen LogP contribution in [0.5, 0.6) is 0 Å². The molecule has 1 aromatic rings. The van der Waals surface area contributed by atoms with E-state index in [0.717, 1.165) is 12.8 Å². The Morgan fingerprint density at radius 3 is 2.82 bits per heavy atom. The number of sulfonamides is 1. The van der Waals surface area contributed by atoms with Crippen molar-refractivity contribution in [3.05, 3.63) is 16.7 Å². The average molecular weight is 320 g/mol. The fourth-order valence-corrected chi connectivity index (χ4v) is 3.17. The van der Waals surface area contributed by atoms with E-state index < -0.39 is 10.0 Å². The van der Waals surface area contributed by atoms with Crippen molar-refractivity contribution < 1.29 is 8.42 Å². The lowest BCUT2D eigenvalue weighted by Gasteiger charge is -2.12. The van der Waals surface area contributed by atoms with E-state index in [4.69, 9.17) is 5.73 Å². The molecule has 0 amide bonds. The number of nitrogens with zero attached hydrogens (tertiary/aromatic N) is 1. The highest BCUT2D eigenvalue weighted by Crippen LogP contribution is 2.44. The van der Waals surface area contributed by atoms with Crippen LogP contribution in [0.3, 0.4) is 0 Å². The van der Waals surface area contributed by atoms with Crippen molar-refractivity contribution in [3.63, 3.8) is 0 Å². The summed E-state index contributed by atoms with van der Waals surface area (Å²) >= 11 is 3.18. The molecule has 1 fully saturated rings. The van der Waals surface area contributed by atoms with Crippen LogP contribution in [0.15, 0.2) is 21.6 Å². The molecule has 1 aliphatic carbocycles. The predicted octanol–water partition coefficient (Wildman–Crippen LogP) is 1.50. The number of rotatable bonds is 4. The Bertz CT molecular complexity index is 540. The number of nitrogen functional groups attached to an aromatic ring is 1. The summed E-state index contributed by atoms with van der Waals surface area (Å²) in [5, 5.41) is 0. The van der Waals surface area contributed by atoms with Gasteiger partial charge in [-0.2, -0.15) is 0 Å². The van der Waals surface area contributed by atoms with Gasteiger partial charge in [-0.05, 0) is 40.3 Å². The van der Waals surface area contributed by atoms with E-state index in [1.165, 1.54) is 12.3 Å². The van der Waals surface area contributed by atoms with Gasteiger partial charge in [-0.25, -0.2) is 18.1 Å². The van der Waals surface area contributed by atoms with Crippen molar-refractivity contribution in [2.24, 2.45) is 5.41 Å². The van der Waals surface area contributed by atoms with Crippen LogP contribution in [0, 0.1) is 5.41 Å². The Labute approximate surface area is 109 Å². The summed E-state index contributed by atoms with van der Waals surface area (Å²) < 4.78 is 27.2. The van der Waals surface area contributed by atoms with E-state index >= 15 is 0 Å². The molecule has 5 nitrogen and oxygen atoms in total. The molecule has 0 radical (unpaired) electrons. The minimum absolute atomic E-state index is 0.0154. The van der Waals surface area contributed by atoms with Crippen molar-refractivity contribution in [1.29, 1.82) is 0 Å². The van der Waals surface area contributed by atoms with Gasteiger partial charge in [0.2, 0.25) is 10.0 Å². The maximum absolute atomic E-state index is 12.0. The monoisotopic (exact) mass is 319 g/mol. The summed E-state index contributed by atoms with van der Waals surface area (Å²) in [5.41, 5.74) is 5.69. The van der Waals surface area contributed by atoms with E-state index in [-0.39, 0.29) is 16.1 Å². The molecule has 3 N–H and O–H groups in total. The maximum atomic E-state index is 12.0. The van der Waals surface area contributed by atoms with Crippen molar-refractivity contribution in [2.45, 2.75) is 24.7 Å². The van der Waals surface area contributed by atoms with Gasteiger partial charge in [0, 0.05) is 17.2 Å². The maximum Gasteiger partial charge on any atom is 0.244 e. The first-order valence-electron chi connectivity index (χ1n) is 5.23. The lowest BCUT2D eigenvalue weighted by Crippen LogP contribution is -2.29. The molecule has 17 heavy (non-hydrogen) atoms. The number of halogens is 1. The summed E-state index contributed by atoms with van der Waals surface area (Å²) in [7, 11) is -3.57. The predicted molar refractivity (Wildman–Crippen MR) is 68.9 cm³/mol. The highest BCUT2D eigenvalue weighted by Gasteiger charge is 2.38. The first-order chi connectivity index (χ1) is 7.82. The fraction of sp³-hybridized carbons (Fsp3) is 0.500. The molecule has 0 atom stereocenters. The molecule has 2 rings (SSSR count). The van der Waals surface area contributed by atoms with Gasteiger partial charge in [0.1, 0.15) is 10.7 Å². The molecule has 0 spiro atoms. The van der Waals surface area contributed by atoms with E-state index in [1.54, 1.807) is 0 Å². The second-order valence-electron chi connectivity index (χ2n) is 4.67.